The zero-order valence-corrected chi connectivity index (χ0v) is 21.0. The van der Waals surface area contributed by atoms with E-state index in [1.807, 2.05) is 66.7 Å². The monoisotopic (exact) mass is 516 g/mol. The Morgan fingerprint density at radius 1 is 0.824 bits per heavy atom. The maximum absolute atomic E-state index is 13.1. The van der Waals surface area contributed by atoms with E-state index in [4.69, 9.17) is 4.42 Å². The van der Waals surface area contributed by atoms with Crippen LogP contribution in [0.2, 0.25) is 0 Å². The fraction of sp³-hybridized carbons (Fsp3) is 0.207. The topological polar surface area (TPSA) is 45.5 Å². The molecule has 1 N–H and O–H groups in total. The van der Waals surface area contributed by atoms with Gasteiger partial charge in [-0.05, 0) is 54.8 Å². The molecule has 4 rings (SSSR count). The Morgan fingerprint density at radius 2 is 1.41 bits per heavy atom. The van der Waals surface area contributed by atoms with E-state index in [1.165, 1.54) is 5.56 Å². The van der Waals surface area contributed by atoms with Crippen LogP contribution in [0, 0.1) is 0 Å². The first-order valence-electron chi connectivity index (χ1n) is 11.5. The number of furan rings is 1. The Balaban J connectivity index is 1.47. The molecular formula is C29H29BrN2O2. The molecule has 0 bridgehead atoms. The lowest BCUT2D eigenvalue weighted by Gasteiger charge is -2.25. The lowest BCUT2D eigenvalue weighted by Crippen LogP contribution is -2.30. The lowest BCUT2D eigenvalue weighted by molar-refractivity contribution is 0.0909. The molecule has 0 aliphatic carbocycles. The molecule has 4 aromatic rings. The van der Waals surface area contributed by atoms with Crippen molar-refractivity contribution in [1.82, 2.24) is 10.2 Å². The molecule has 0 saturated carbocycles. The highest BCUT2D eigenvalue weighted by Crippen LogP contribution is 2.23. The summed E-state index contributed by atoms with van der Waals surface area (Å²) in [4.78, 5) is 15.5. The van der Waals surface area contributed by atoms with Crippen molar-refractivity contribution in [1.29, 1.82) is 0 Å². The summed E-state index contributed by atoms with van der Waals surface area (Å²) in [5, 5.41) is 3.15. The molecule has 0 aliphatic rings. The second-order valence-corrected chi connectivity index (χ2v) is 9.53. The van der Waals surface area contributed by atoms with Gasteiger partial charge in [0.05, 0.1) is 12.6 Å². The van der Waals surface area contributed by atoms with Gasteiger partial charge in [-0.3, -0.25) is 9.69 Å². The van der Waals surface area contributed by atoms with E-state index in [0.717, 1.165) is 27.9 Å². The van der Waals surface area contributed by atoms with Crippen LogP contribution in [0.5, 0.6) is 0 Å². The van der Waals surface area contributed by atoms with Gasteiger partial charge in [0.25, 0.3) is 5.91 Å². The first-order chi connectivity index (χ1) is 16.5. The van der Waals surface area contributed by atoms with Gasteiger partial charge in [-0.25, -0.2) is 0 Å². The molecule has 0 unspecified atom stereocenters. The molecule has 174 valence electrons. The molecule has 0 atom stereocenters. The van der Waals surface area contributed by atoms with Crippen LogP contribution >= 0.6 is 15.9 Å². The lowest BCUT2D eigenvalue weighted by atomic mass is 9.98. The molecule has 0 saturated heterocycles. The van der Waals surface area contributed by atoms with Gasteiger partial charge in [0.2, 0.25) is 0 Å². The summed E-state index contributed by atoms with van der Waals surface area (Å²) in [5.74, 6) is 0.860. The number of hydrogen-bond donors (Lipinski definition) is 1. The molecule has 0 fully saturated rings. The Morgan fingerprint density at radius 3 is 1.97 bits per heavy atom. The number of rotatable bonds is 9. The second kappa shape index (κ2) is 11.3. The van der Waals surface area contributed by atoms with Crippen LogP contribution < -0.4 is 5.32 Å². The van der Waals surface area contributed by atoms with Gasteiger partial charge in [-0.2, -0.15) is 0 Å². The van der Waals surface area contributed by atoms with Crippen molar-refractivity contribution >= 4 is 21.8 Å². The fourth-order valence-electron chi connectivity index (χ4n) is 3.88. The molecule has 4 nitrogen and oxygen atoms in total. The maximum atomic E-state index is 13.1. The SMILES string of the molecule is CC(C)N(Cc1ccc(Br)cc1)Cc1ccc(C(=O)NC(c2ccccc2)c2ccccc2)o1. The summed E-state index contributed by atoms with van der Waals surface area (Å²) < 4.78 is 7.06. The van der Waals surface area contributed by atoms with Crippen molar-refractivity contribution in [3.63, 3.8) is 0 Å². The van der Waals surface area contributed by atoms with Crippen molar-refractivity contribution in [2.24, 2.45) is 0 Å². The average Bonchev–Trinajstić information content (AvgIpc) is 3.33. The molecule has 0 radical (unpaired) electrons. The maximum Gasteiger partial charge on any atom is 0.287 e. The molecule has 1 amide bonds. The van der Waals surface area contributed by atoms with E-state index in [1.54, 1.807) is 6.07 Å². The Kier molecular flexibility index (Phi) is 7.99. The third-order valence-corrected chi connectivity index (χ3v) is 6.34. The van der Waals surface area contributed by atoms with Gasteiger partial charge in [0, 0.05) is 17.1 Å². The Bertz CT molecular complexity index is 1150. The highest BCUT2D eigenvalue weighted by Gasteiger charge is 2.21. The smallest absolute Gasteiger partial charge is 0.287 e. The third-order valence-electron chi connectivity index (χ3n) is 5.81. The minimum atomic E-state index is -0.256. The van der Waals surface area contributed by atoms with E-state index in [9.17, 15) is 4.79 Å². The number of amides is 1. The second-order valence-electron chi connectivity index (χ2n) is 8.62. The van der Waals surface area contributed by atoms with Crippen LogP contribution in [0.25, 0.3) is 0 Å². The van der Waals surface area contributed by atoms with Gasteiger partial charge < -0.3 is 9.73 Å². The minimum Gasteiger partial charge on any atom is -0.455 e. The number of carbonyl (C=O) groups is 1. The molecule has 0 spiro atoms. The number of halogens is 1. The summed E-state index contributed by atoms with van der Waals surface area (Å²) in [6.45, 7) is 5.76. The zero-order chi connectivity index (χ0) is 23.9. The highest BCUT2D eigenvalue weighted by atomic mass is 79.9. The van der Waals surface area contributed by atoms with Crippen LogP contribution in [0.15, 0.2) is 106 Å². The summed E-state index contributed by atoms with van der Waals surface area (Å²) in [6.07, 6.45) is 0. The largest absolute Gasteiger partial charge is 0.455 e. The van der Waals surface area contributed by atoms with E-state index in [2.05, 4.69) is 64.3 Å². The normalized spacial score (nSPS) is 11.4. The molecule has 0 aliphatic heterocycles. The van der Waals surface area contributed by atoms with Gasteiger partial charge in [0.1, 0.15) is 5.76 Å². The predicted molar refractivity (Wildman–Crippen MR) is 139 cm³/mol. The first kappa shape index (κ1) is 24.0. The predicted octanol–water partition coefficient (Wildman–Crippen LogP) is 6.97. The van der Waals surface area contributed by atoms with Crippen LogP contribution in [0.4, 0.5) is 0 Å². The third kappa shape index (κ3) is 6.25. The van der Waals surface area contributed by atoms with Gasteiger partial charge >= 0.3 is 0 Å². The summed E-state index contributed by atoms with van der Waals surface area (Å²) in [5.41, 5.74) is 3.28. The minimum absolute atomic E-state index is 0.229. The average molecular weight is 517 g/mol. The van der Waals surface area contributed by atoms with Crippen LogP contribution in [0.1, 0.15) is 52.9 Å². The van der Waals surface area contributed by atoms with Crippen LogP contribution in [-0.4, -0.2) is 16.8 Å². The number of nitrogens with one attached hydrogen (secondary N) is 1. The summed E-state index contributed by atoms with van der Waals surface area (Å²) in [7, 11) is 0. The van der Waals surface area contributed by atoms with Crippen molar-refractivity contribution < 1.29 is 9.21 Å². The van der Waals surface area contributed by atoms with Gasteiger partial charge in [-0.1, -0.05) is 88.7 Å². The van der Waals surface area contributed by atoms with Gasteiger partial charge in [0.15, 0.2) is 5.76 Å². The number of nitrogens with zero attached hydrogens (tertiary/aromatic N) is 1. The van der Waals surface area contributed by atoms with Crippen molar-refractivity contribution in [2.45, 2.75) is 39.0 Å². The number of benzene rings is 3. The summed E-state index contributed by atoms with van der Waals surface area (Å²) >= 11 is 3.49. The number of hydrogen-bond acceptors (Lipinski definition) is 3. The molecule has 5 heteroatoms. The van der Waals surface area contributed by atoms with Crippen molar-refractivity contribution in [3.8, 4) is 0 Å². The van der Waals surface area contributed by atoms with Crippen LogP contribution in [0.3, 0.4) is 0 Å². The summed E-state index contributed by atoms with van der Waals surface area (Å²) in [6, 6.07) is 32.0. The highest BCUT2D eigenvalue weighted by molar-refractivity contribution is 9.10. The van der Waals surface area contributed by atoms with Crippen molar-refractivity contribution in [3.05, 3.63) is 130 Å². The first-order valence-corrected chi connectivity index (χ1v) is 12.3. The molecular weight excluding hydrogens is 488 g/mol. The Hall–Kier alpha value is -3.15. The van der Waals surface area contributed by atoms with Gasteiger partial charge in [-0.15, -0.1) is 0 Å². The van der Waals surface area contributed by atoms with E-state index < -0.39 is 0 Å². The molecule has 1 aromatic heterocycles. The van der Waals surface area contributed by atoms with E-state index in [-0.39, 0.29) is 11.9 Å². The molecule has 1 heterocycles. The molecule has 34 heavy (non-hydrogen) atoms. The Labute approximate surface area is 209 Å². The quantitative estimate of drug-likeness (QED) is 0.261. The van der Waals surface area contributed by atoms with E-state index in [0.29, 0.717) is 18.3 Å². The number of carbonyl (C=O) groups excluding carboxylic acids is 1. The fourth-order valence-corrected chi connectivity index (χ4v) is 4.15. The molecule has 3 aromatic carbocycles. The van der Waals surface area contributed by atoms with Crippen molar-refractivity contribution in [2.75, 3.05) is 0 Å². The standard InChI is InChI=1S/C29H29BrN2O2/c1-21(2)32(19-22-13-15-25(30)16-14-22)20-26-17-18-27(34-26)29(33)31-28(23-9-5-3-6-10-23)24-11-7-4-8-12-24/h3-18,21,28H,19-20H2,1-2H3,(H,31,33). The van der Waals surface area contributed by atoms with Crippen LogP contribution in [-0.2, 0) is 13.1 Å². The zero-order valence-electron chi connectivity index (χ0n) is 19.4. The van der Waals surface area contributed by atoms with E-state index >= 15 is 0 Å².